The number of amides is 1. The van der Waals surface area contributed by atoms with Crippen LogP contribution in [0.3, 0.4) is 0 Å². The lowest BCUT2D eigenvalue weighted by molar-refractivity contribution is -0.422. The van der Waals surface area contributed by atoms with Crippen LogP contribution in [0, 0.1) is 0 Å². The Morgan fingerprint density at radius 2 is 1.50 bits per heavy atom. The molecule has 0 fully saturated rings. The molecule has 0 atom stereocenters. The number of nitrogens with one attached hydrogen (secondary N) is 1. The van der Waals surface area contributed by atoms with E-state index in [-0.39, 0.29) is 35.4 Å². The monoisotopic (exact) mass is 426 g/mol. The Kier molecular flexibility index (Phi) is 4.34. The van der Waals surface area contributed by atoms with Gasteiger partial charge in [-0.2, -0.15) is 0 Å². The number of ether oxygens (including phenoxy) is 2. The van der Waals surface area contributed by atoms with E-state index in [0.717, 1.165) is 0 Å². The van der Waals surface area contributed by atoms with E-state index < -0.39 is 17.5 Å². The zero-order chi connectivity index (χ0) is 20.3. The van der Waals surface area contributed by atoms with Gasteiger partial charge in [0.25, 0.3) is 5.91 Å². The molecule has 1 amide bonds. The van der Waals surface area contributed by atoms with Gasteiger partial charge in [0.15, 0.2) is 5.60 Å². The molecule has 8 nitrogen and oxygen atoms in total. The van der Waals surface area contributed by atoms with Crippen LogP contribution in [0.4, 0.5) is 0 Å². The van der Waals surface area contributed by atoms with Gasteiger partial charge in [-0.1, -0.05) is 0 Å². The van der Waals surface area contributed by atoms with Gasteiger partial charge < -0.3 is 32.1 Å². The molecule has 3 aromatic carbocycles. The highest BCUT2D eigenvalue weighted by molar-refractivity contribution is 6.00. The third-order valence-corrected chi connectivity index (χ3v) is 5.20. The van der Waals surface area contributed by atoms with Crippen LogP contribution < -0.4 is 28.4 Å². The second-order valence-corrected chi connectivity index (χ2v) is 6.80. The van der Waals surface area contributed by atoms with Crippen molar-refractivity contribution in [1.29, 1.82) is 0 Å². The number of aromatic hydroxyl groups is 2. The first-order valence-corrected chi connectivity index (χ1v) is 8.74. The molecule has 5 rings (SSSR count). The molecule has 30 heavy (non-hydrogen) atoms. The fourth-order valence-electron chi connectivity index (χ4n) is 3.94. The zero-order valence-corrected chi connectivity index (χ0v) is 16.1. The number of hydrogen-bond acceptors (Lipinski definition) is 6. The molecule has 6 N–H and O–H groups in total. The Morgan fingerprint density at radius 1 is 0.900 bits per heavy atom. The number of carbonyl (C=O) groups is 2. The number of esters is 1. The highest BCUT2D eigenvalue weighted by Gasteiger charge is 2.53. The van der Waals surface area contributed by atoms with Crippen molar-refractivity contribution in [2.75, 3.05) is 0 Å². The van der Waals surface area contributed by atoms with Gasteiger partial charge in [-0.25, -0.2) is 10.2 Å². The van der Waals surface area contributed by atoms with E-state index in [1.807, 2.05) is 0 Å². The highest BCUT2D eigenvalue weighted by atomic mass is 35.5. The van der Waals surface area contributed by atoms with Crippen molar-refractivity contribution in [3.63, 3.8) is 0 Å². The van der Waals surface area contributed by atoms with E-state index in [9.17, 15) is 19.8 Å². The molecule has 3 aromatic rings. The molecule has 2 aliphatic rings. The summed E-state index contributed by atoms with van der Waals surface area (Å²) >= 11 is 0. The second-order valence-electron chi connectivity index (χ2n) is 6.80. The molecule has 152 valence electrons. The summed E-state index contributed by atoms with van der Waals surface area (Å²) in [6.45, 7) is 0. The summed E-state index contributed by atoms with van der Waals surface area (Å²) in [4.78, 5) is 24.9. The van der Waals surface area contributed by atoms with E-state index in [1.54, 1.807) is 18.2 Å². The van der Waals surface area contributed by atoms with Gasteiger partial charge in [0.2, 0.25) is 0 Å². The lowest BCUT2D eigenvalue weighted by Crippen LogP contribution is -3.00. The Bertz CT molecular complexity index is 1170. The minimum atomic E-state index is -1.39. The molecule has 0 unspecified atom stereocenters. The molecule has 0 aliphatic carbocycles. The summed E-state index contributed by atoms with van der Waals surface area (Å²) < 4.78 is 11.8. The van der Waals surface area contributed by atoms with Gasteiger partial charge in [0.05, 0.1) is 5.56 Å². The minimum absolute atomic E-state index is 0. The summed E-state index contributed by atoms with van der Waals surface area (Å²) in [7, 11) is 0. The molecule has 9 heteroatoms. The van der Waals surface area contributed by atoms with E-state index in [0.29, 0.717) is 27.8 Å². The molecule has 2 heterocycles. The standard InChI is InChI=1S/C21H14N2O6.ClH/c22-23-19(26)10-1-4-13-16(7-10)21(29-20(13)27)14-5-2-11(24)8-17(14)28-18-9-12(25)3-6-15(18)21;/h1-9,24-25H,22H2,(H,23,26);1H. The van der Waals surface area contributed by atoms with Gasteiger partial charge in [-0.3, -0.25) is 10.6 Å². The van der Waals surface area contributed by atoms with Crippen LogP contribution >= 0.6 is 0 Å². The van der Waals surface area contributed by atoms with Gasteiger partial charge in [-0.05, 0) is 42.5 Å². The summed E-state index contributed by atoms with van der Waals surface area (Å²) in [5.41, 5.74) is 3.00. The Morgan fingerprint density at radius 3 is 2.07 bits per heavy atom. The predicted molar refractivity (Wildman–Crippen MR) is 98.4 cm³/mol. The van der Waals surface area contributed by atoms with E-state index >= 15 is 0 Å². The highest BCUT2D eigenvalue weighted by Crippen LogP contribution is 2.57. The topological polar surface area (TPSA) is 133 Å². The van der Waals surface area contributed by atoms with Crippen molar-refractivity contribution in [2.45, 2.75) is 5.60 Å². The molecule has 0 saturated carbocycles. The number of hydrogen-bond donors (Lipinski definition) is 4. The SMILES string of the molecule is [Cl-].[NH3+]NC(=O)c1ccc2c(c1)C1(OC2=O)c2ccc(O)cc2Oc2cc(O)ccc21. The van der Waals surface area contributed by atoms with Crippen molar-refractivity contribution in [3.8, 4) is 23.0 Å². The first-order valence-electron chi connectivity index (χ1n) is 8.74. The van der Waals surface area contributed by atoms with Gasteiger partial charge in [0, 0.05) is 34.4 Å². The van der Waals surface area contributed by atoms with E-state index in [1.165, 1.54) is 36.4 Å². The van der Waals surface area contributed by atoms with Crippen molar-refractivity contribution in [2.24, 2.45) is 0 Å². The average Bonchev–Trinajstić information content (AvgIpc) is 2.99. The fourth-order valence-corrected chi connectivity index (χ4v) is 3.94. The molecular formula is C21H15ClN2O6. The minimum Gasteiger partial charge on any atom is -1.00 e. The van der Waals surface area contributed by atoms with Crippen molar-refractivity contribution in [3.05, 3.63) is 82.4 Å². The lowest BCUT2D eigenvalue weighted by atomic mass is 9.77. The molecule has 0 radical (unpaired) electrons. The van der Waals surface area contributed by atoms with Crippen LogP contribution in [-0.4, -0.2) is 22.1 Å². The summed E-state index contributed by atoms with van der Waals surface area (Å²) in [6, 6.07) is 13.6. The van der Waals surface area contributed by atoms with Crippen LogP contribution in [0.1, 0.15) is 37.4 Å². The first kappa shape index (κ1) is 19.6. The number of carbonyl (C=O) groups excluding carboxylic acids is 2. The van der Waals surface area contributed by atoms with Crippen LogP contribution in [-0.2, 0) is 10.3 Å². The normalized spacial score (nSPS) is 14.5. The van der Waals surface area contributed by atoms with Crippen LogP contribution in [0.15, 0.2) is 54.6 Å². The molecule has 1 spiro atoms. The number of halogens is 1. The van der Waals surface area contributed by atoms with Crippen molar-refractivity contribution >= 4 is 11.9 Å². The maximum Gasteiger partial charge on any atom is 0.340 e. The number of phenols is 2. The number of phenolic OH excluding ortho intramolecular Hbond substituents is 2. The van der Waals surface area contributed by atoms with Gasteiger partial charge in [-0.15, -0.1) is 0 Å². The van der Waals surface area contributed by atoms with E-state index in [4.69, 9.17) is 9.47 Å². The zero-order valence-electron chi connectivity index (χ0n) is 15.3. The van der Waals surface area contributed by atoms with Crippen LogP contribution in [0.25, 0.3) is 0 Å². The maximum absolute atomic E-state index is 12.8. The average molecular weight is 427 g/mol. The molecular weight excluding hydrogens is 412 g/mol. The summed E-state index contributed by atoms with van der Waals surface area (Å²) in [5, 5.41) is 19.8. The molecule has 0 saturated heterocycles. The Labute approximate surface area is 176 Å². The Hall–Kier alpha value is -3.75. The van der Waals surface area contributed by atoms with E-state index in [2.05, 4.69) is 11.3 Å². The maximum atomic E-state index is 12.8. The molecule has 0 bridgehead atoms. The van der Waals surface area contributed by atoms with Gasteiger partial charge >= 0.3 is 5.97 Å². The van der Waals surface area contributed by atoms with Gasteiger partial charge in [0.1, 0.15) is 23.0 Å². The van der Waals surface area contributed by atoms with Crippen LogP contribution in [0.5, 0.6) is 23.0 Å². The smallest absolute Gasteiger partial charge is 0.340 e. The summed E-state index contributed by atoms with van der Waals surface area (Å²) in [5.74, 6) is 2.91. The fraction of sp³-hybridized carbons (Fsp3) is 0.0476. The third kappa shape index (κ3) is 2.51. The second kappa shape index (κ2) is 6.65. The number of quaternary nitrogens is 1. The van der Waals surface area contributed by atoms with Crippen molar-refractivity contribution < 1.29 is 47.5 Å². The third-order valence-electron chi connectivity index (χ3n) is 5.20. The largest absolute Gasteiger partial charge is 1.00 e. The quantitative estimate of drug-likeness (QED) is 0.278. The lowest BCUT2D eigenvalue weighted by Gasteiger charge is -2.36. The first-order chi connectivity index (χ1) is 13.9. The molecule has 0 aromatic heterocycles. The number of fused-ring (bicyclic) bond motifs is 6. The Balaban J connectivity index is 0.00000218. The summed E-state index contributed by atoms with van der Waals surface area (Å²) in [6.07, 6.45) is 0. The van der Waals surface area contributed by atoms with Crippen LogP contribution in [0.2, 0.25) is 0 Å². The number of rotatable bonds is 1. The predicted octanol–water partition coefficient (Wildman–Crippen LogP) is -1.44. The van der Waals surface area contributed by atoms with Crippen molar-refractivity contribution in [1.82, 2.24) is 5.43 Å². The molecule has 2 aliphatic heterocycles. The number of benzene rings is 3.